The molecule has 146 valence electrons. The van der Waals surface area contributed by atoms with E-state index >= 15 is 0 Å². The number of halogens is 1. The van der Waals surface area contributed by atoms with E-state index < -0.39 is 10.0 Å². The van der Waals surface area contributed by atoms with Gasteiger partial charge in [0.1, 0.15) is 0 Å². The topological polar surface area (TPSA) is 91.3 Å². The van der Waals surface area contributed by atoms with Gasteiger partial charge in [0.25, 0.3) is 10.0 Å². The molecule has 6 nitrogen and oxygen atoms in total. The van der Waals surface area contributed by atoms with Crippen molar-refractivity contribution in [2.24, 2.45) is 0 Å². The van der Waals surface area contributed by atoms with Crippen LogP contribution in [0.1, 0.15) is 11.6 Å². The minimum atomic E-state index is -3.75. The molecule has 0 saturated carbocycles. The van der Waals surface area contributed by atoms with Crippen molar-refractivity contribution >= 4 is 27.3 Å². The minimum Gasteiger partial charge on any atom is -0.394 e. The van der Waals surface area contributed by atoms with Crippen LogP contribution in [0.4, 0.5) is 5.69 Å². The van der Waals surface area contributed by atoms with Crippen LogP contribution in [0.2, 0.25) is 5.02 Å². The predicted octanol–water partition coefficient (Wildman–Crippen LogP) is 3.46. The lowest BCUT2D eigenvalue weighted by atomic mass is 10.1. The number of aliphatic hydroxyl groups excluding tert-OH is 1. The molecule has 1 heterocycles. The fraction of sp³-hybridized carbons (Fsp3) is 0.150. The Kier molecular flexibility index (Phi) is 6.31. The van der Waals surface area contributed by atoms with Gasteiger partial charge in [0, 0.05) is 17.4 Å². The third kappa shape index (κ3) is 4.69. The molecule has 0 amide bonds. The summed E-state index contributed by atoms with van der Waals surface area (Å²) >= 11 is 5.84. The van der Waals surface area contributed by atoms with E-state index in [1.54, 1.807) is 55.7 Å². The van der Waals surface area contributed by atoms with E-state index in [1.165, 1.54) is 12.1 Å². The summed E-state index contributed by atoms with van der Waals surface area (Å²) in [4.78, 5) is 4.37. The van der Waals surface area contributed by atoms with Crippen molar-refractivity contribution in [1.82, 2.24) is 10.3 Å². The van der Waals surface area contributed by atoms with Gasteiger partial charge in [-0.05, 0) is 49.0 Å². The molecular formula is C20H20ClN3O3S. The summed E-state index contributed by atoms with van der Waals surface area (Å²) < 4.78 is 28.0. The highest BCUT2D eigenvalue weighted by Gasteiger charge is 2.16. The number of nitrogens with one attached hydrogen (secondary N) is 2. The minimum absolute atomic E-state index is 0.0904. The van der Waals surface area contributed by atoms with Crippen LogP contribution in [0.5, 0.6) is 0 Å². The van der Waals surface area contributed by atoms with Gasteiger partial charge in [-0.1, -0.05) is 35.9 Å². The molecule has 0 spiro atoms. The number of pyridine rings is 1. The van der Waals surface area contributed by atoms with Crippen LogP contribution in [0.25, 0.3) is 11.3 Å². The van der Waals surface area contributed by atoms with Gasteiger partial charge < -0.3 is 10.4 Å². The largest absolute Gasteiger partial charge is 0.394 e. The second kappa shape index (κ2) is 8.70. The molecule has 2 aromatic carbocycles. The second-order valence-corrected chi connectivity index (χ2v) is 8.26. The van der Waals surface area contributed by atoms with E-state index in [-0.39, 0.29) is 17.5 Å². The Labute approximate surface area is 169 Å². The van der Waals surface area contributed by atoms with Gasteiger partial charge in [-0.3, -0.25) is 9.71 Å². The molecule has 0 fully saturated rings. The normalized spacial score (nSPS) is 12.5. The summed E-state index contributed by atoms with van der Waals surface area (Å²) in [5.41, 5.74) is 2.71. The van der Waals surface area contributed by atoms with E-state index in [4.69, 9.17) is 11.6 Å². The maximum Gasteiger partial charge on any atom is 0.261 e. The quantitative estimate of drug-likeness (QED) is 0.547. The average Bonchev–Trinajstić information content (AvgIpc) is 2.70. The Morgan fingerprint density at radius 3 is 2.46 bits per heavy atom. The fourth-order valence-corrected chi connectivity index (χ4v) is 3.91. The smallest absolute Gasteiger partial charge is 0.261 e. The highest BCUT2D eigenvalue weighted by atomic mass is 35.5. The number of aromatic nitrogens is 1. The summed E-state index contributed by atoms with van der Waals surface area (Å²) in [5.74, 6) is 0. The van der Waals surface area contributed by atoms with E-state index in [0.717, 1.165) is 11.1 Å². The van der Waals surface area contributed by atoms with E-state index in [1.807, 2.05) is 6.07 Å². The molecule has 0 aliphatic carbocycles. The number of likely N-dealkylation sites (N-methyl/N-ethyl adjacent to an activating group) is 1. The highest BCUT2D eigenvalue weighted by Crippen LogP contribution is 2.23. The number of hydrogen-bond donors (Lipinski definition) is 3. The van der Waals surface area contributed by atoms with Gasteiger partial charge in [0.2, 0.25) is 0 Å². The number of hydrogen-bond acceptors (Lipinski definition) is 5. The van der Waals surface area contributed by atoms with Crippen molar-refractivity contribution in [2.75, 3.05) is 18.4 Å². The number of benzene rings is 2. The van der Waals surface area contributed by atoms with Crippen molar-refractivity contribution in [3.63, 3.8) is 0 Å². The molecule has 3 aromatic rings. The zero-order valence-corrected chi connectivity index (χ0v) is 16.7. The van der Waals surface area contributed by atoms with Gasteiger partial charge >= 0.3 is 0 Å². The lowest BCUT2D eigenvalue weighted by molar-refractivity contribution is 0.251. The van der Waals surface area contributed by atoms with Crippen molar-refractivity contribution in [2.45, 2.75) is 10.9 Å². The molecule has 0 bridgehead atoms. The molecule has 0 aliphatic rings. The van der Waals surface area contributed by atoms with Crippen LogP contribution in [0.3, 0.4) is 0 Å². The van der Waals surface area contributed by atoms with Crippen LogP contribution in [-0.4, -0.2) is 32.2 Å². The monoisotopic (exact) mass is 417 g/mol. The molecule has 0 saturated heterocycles. The molecule has 1 atom stereocenters. The summed E-state index contributed by atoms with van der Waals surface area (Å²) in [6.45, 7) is -0.0904. The third-order valence-corrected chi connectivity index (χ3v) is 5.88. The van der Waals surface area contributed by atoms with Gasteiger partial charge in [-0.15, -0.1) is 0 Å². The first-order chi connectivity index (χ1) is 13.4. The van der Waals surface area contributed by atoms with Crippen LogP contribution in [0, 0.1) is 0 Å². The summed E-state index contributed by atoms with van der Waals surface area (Å²) in [6.07, 6.45) is 1.54. The average molecular weight is 418 g/mol. The zero-order chi connectivity index (χ0) is 20.1. The number of anilines is 1. The summed E-state index contributed by atoms with van der Waals surface area (Å²) in [5, 5.41) is 12.9. The van der Waals surface area contributed by atoms with Crippen LogP contribution in [0.15, 0.2) is 71.8 Å². The maximum atomic E-state index is 12.7. The first-order valence-electron chi connectivity index (χ1n) is 8.56. The first kappa shape index (κ1) is 20.3. The first-order valence-corrected chi connectivity index (χ1v) is 10.4. The second-order valence-electron chi connectivity index (χ2n) is 6.14. The van der Waals surface area contributed by atoms with E-state index in [0.29, 0.717) is 16.4 Å². The third-order valence-electron chi connectivity index (χ3n) is 4.26. The lowest BCUT2D eigenvalue weighted by Gasteiger charge is -2.15. The molecule has 1 aromatic heterocycles. The number of rotatable bonds is 7. The van der Waals surface area contributed by atoms with E-state index in [2.05, 4.69) is 15.0 Å². The van der Waals surface area contributed by atoms with Gasteiger partial charge in [-0.2, -0.15) is 0 Å². The Morgan fingerprint density at radius 1 is 1.11 bits per heavy atom. The molecule has 1 unspecified atom stereocenters. The standard InChI is InChI=1S/C20H20ClN3O3S/c1-22-20(13-25)15-3-2-4-17(11-15)24-28(26,27)18-8-5-14(6-9-18)19-10-7-16(21)12-23-19/h2-12,20,22,24-25H,13H2,1H3. The van der Waals surface area contributed by atoms with Gasteiger partial charge in [0.05, 0.1) is 28.3 Å². The molecular weight excluding hydrogens is 398 g/mol. The van der Waals surface area contributed by atoms with Crippen LogP contribution < -0.4 is 10.0 Å². The molecule has 0 radical (unpaired) electrons. The van der Waals surface area contributed by atoms with Crippen LogP contribution >= 0.6 is 11.6 Å². The molecule has 3 N–H and O–H groups in total. The zero-order valence-electron chi connectivity index (χ0n) is 15.1. The fourth-order valence-electron chi connectivity index (χ4n) is 2.75. The SMILES string of the molecule is CNC(CO)c1cccc(NS(=O)(=O)c2ccc(-c3ccc(Cl)cn3)cc2)c1. The highest BCUT2D eigenvalue weighted by molar-refractivity contribution is 7.92. The maximum absolute atomic E-state index is 12.7. The van der Waals surface area contributed by atoms with Crippen molar-refractivity contribution in [3.8, 4) is 11.3 Å². The number of aliphatic hydroxyl groups is 1. The Morgan fingerprint density at radius 2 is 1.86 bits per heavy atom. The van der Waals surface area contributed by atoms with Crippen LogP contribution in [-0.2, 0) is 10.0 Å². The Hall–Kier alpha value is -2.45. The van der Waals surface area contributed by atoms with Crippen molar-refractivity contribution in [1.29, 1.82) is 0 Å². The van der Waals surface area contributed by atoms with Crippen molar-refractivity contribution < 1.29 is 13.5 Å². The molecule has 3 rings (SSSR count). The number of sulfonamides is 1. The van der Waals surface area contributed by atoms with Gasteiger partial charge in [0.15, 0.2) is 0 Å². The summed E-state index contributed by atoms with van der Waals surface area (Å²) in [6, 6.07) is 16.6. The Bertz CT molecular complexity index is 1040. The lowest BCUT2D eigenvalue weighted by Crippen LogP contribution is -2.20. The molecule has 28 heavy (non-hydrogen) atoms. The summed E-state index contributed by atoms with van der Waals surface area (Å²) in [7, 11) is -2.02. The molecule has 0 aliphatic heterocycles. The van der Waals surface area contributed by atoms with Crippen molar-refractivity contribution in [3.05, 3.63) is 77.4 Å². The van der Waals surface area contributed by atoms with Gasteiger partial charge in [-0.25, -0.2) is 8.42 Å². The Balaban J connectivity index is 1.81. The predicted molar refractivity (Wildman–Crippen MR) is 111 cm³/mol. The van der Waals surface area contributed by atoms with E-state index in [9.17, 15) is 13.5 Å². The molecule has 8 heteroatoms. The number of nitrogens with zero attached hydrogens (tertiary/aromatic N) is 1.